The summed E-state index contributed by atoms with van der Waals surface area (Å²) in [6.07, 6.45) is 2.23. The Morgan fingerprint density at radius 1 is 0.366 bits per heavy atom. The minimum atomic E-state index is 0.153. The van der Waals surface area contributed by atoms with Crippen LogP contribution in [-0.4, -0.2) is 72.0 Å². The van der Waals surface area contributed by atoms with Gasteiger partial charge in [-0.15, -0.1) is 0 Å². The van der Waals surface area contributed by atoms with Crippen LogP contribution in [-0.2, 0) is 0 Å². The van der Waals surface area contributed by atoms with Gasteiger partial charge < -0.3 is 27.0 Å². The fraction of sp³-hybridized carbons (Fsp3) is 0.312. The van der Waals surface area contributed by atoms with Crippen LogP contribution < -0.4 is 42.7 Å². The summed E-state index contributed by atoms with van der Waals surface area (Å²) in [6.45, 7) is 42.1. The van der Waals surface area contributed by atoms with Crippen LogP contribution in [0.15, 0.2) is 41.4 Å². The maximum atomic E-state index is 6.23. The van der Waals surface area contributed by atoms with Crippen LogP contribution in [0.1, 0.15) is 120 Å². The Hall–Kier alpha value is -9.93. The fourth-order valence-corrected chi connectivity index (χ4v) is 14.2. The van der Waals surface area contributed by atoms with E-state index in [1.807, 2.05) is 34.1 Å². The molecule has 16 nitrogen and oxygen atoms in total. The number of fused-ring (bicyclic) bond motifs is 12. The molecule has 6 heterocycles. The van der Waals surface area contributed by atoms with E-state index in [1.165, 1.54) is 33.4 Å². The maximum Gasteiger partial charge on any atom is 0.235 e. The summed E-state index contributed by atoms with van der Waals surface area (Å²) in [4.78, 5) is 55.0. The van der Waals surface area contributed by atoms with Crippen molar-refractivity contribution in [2.24, 2.45) is 4.99 Å². The second-order valence-electron chi connectivity index (χ2n) is 26.3. The summed E-state index contributed by atoms with van der Waals surface area (Å²) in [6, 6.07) is 10.8. The predicted octanol–water partition coefficient (Wildman–Crippen LogP) is 15.2. The molecule has 93 heavy (non-hydrogen) atoms. The maximum absolute atomic E-state index is 6.23. The van der Waals surface area contributed by atoms with Crippen LogP contribution in [0.25, 0.3) is 110 Å². The van der Waals surface area contributed by atoms with E-state index < -0.39 is 0 Å². The van der Waals surface area contributed by atoms with Crippen molar-refractivity contribution in [2.45, 2.75) is 145 Å². The molecule has 0 saturated carbocycles. The zero-order valence-corrected chi connectivity index (χ0v) is 58.1. The molecule has 1 aliphatic heterocycles. The molecule has 0 saturated heterocycles. The summed E-state index contributed by atoms with van der Waals surface area (Å²) in [7, 11) is 5.86. The third-order valence-electron chi connectivity index (χ3n) is 20.3. The van der Waals surface area contributed by atoms with E-state index in [-0.39, 0.29) is 6.04 Å². The summed E-state index contributed by atoms with van der Waals surface area (Å²) < 4.78 is 0. The molecule has 1 atom stereocenters. The van der Waals surface area contributed by atoms with Gasteiger partial charge in [-0.1, -0.05) is 18.2 Å². The minimum Gasteiger partial charge on any atom is -0.398 e. The number of hydrogen-bond donors (Lipinski definition) is 5. The number of hydrogen-bond acceptors (Lipinski definition) is 15. The van der Waals surface area contributed by atoms with Crippen LogP contribution in [0.2, 0.25) is 0 Å². The van der Waals surface area contributed by atoms with E-state index in [2.05, 4.69) is 188 Å². The molecule has 13 aromatic rings. The van der Waals surface area contributed by atoms with E-state index in [4.69, 9.17) is 55.6 Å². The number of aryl methyl sites for hydroxylation is 18. The highest BCUT2D eigenvalue weighted by atomic mass is 15.0. The molecule has 8 aromatic carbocycles. The Bertz CT molecular complexity index is 5740. The van der Waals surface area contributed by atoms with Crippen LogP contribution in [0.3, 0.4) is 0 Å². The first-order valence-corrected chi connectivity index (χ1v) is 32.1. The standard InChI is InChI=1S/C34H35N7.C25H26N6.C18H21N3/c1-13-11-14(2)23-25(16(13)4)38-29-20(8)33-31(18(6)27(29)36-23)41-34-21(9)30-28(19(7)32(34)40-33)37-24-15(3)12-22(35-10)17(5)26(24)39-30;1-10-8-16(26)12(3)20-18(10)28-22-14(5)23-25(15(6)24(22)30-20)31-21-13(4)17(27-7)9-11(2)19(21)29-23;1-9-7-10(2)15-17(12(9)4)20-16-11(3)8-14(19-6)13(5)18(16)21-15/h11-12,22,35,41H,1-10H3;8-9,27H,26H2,1-7H3;7-8,19H,1-6H3/p+1. The molecule has 0 fully saturated rings. The third kappa shape index (κ3) is 9.44. The number of nitrogens with zero attached hydrogens (tertiary/aromatic N) is 10. The van der Waals surface area contributed by atoms with Gasteiger partial charge in [0, 0.05) is 87.3 Å². The first kappa shape index (κ1) is 61.9. The van der Waals surface area contributed by atoms with Gasteiger partial charge in [0.2, 0.25) is 11.0 Å². The summed E-state index contributed by atoms with van der Waals surface area (Å²) in [5, 5.41) is 15.6. The van der Waals surface area contributed by atoms with Gasteiger partial charge in [-0.2, -0.15) is 0 Å². The van der Waals surface area contributed by atoms with E-state index in [0.717, 1.165) is 228 Å². The number of nitrogens with two attached hydrogens (primary N) is 1. The lowest BCUT2D eigenvalue weighted by molar-refractivity contribution is -0.311. The van der Waals surface area contributed by atoms with Gasteiger partial charge in [-0.05, 0) is 219 Å². The van der Waals surface area contributed by atoms with Crippen LogP contribution >= 0.6 is 0 Å². The first-order valence-electron chi connectivity index (χ1n) is 32.1. The van der Waals surface area contributed by atoms with Gasteiger partial charge in [-0.3, -0.25) is 0 Å². The second kappa shape index (κ2) is 22.4. The number of aromatic amines is 1. The summed E-state index contributed by atoms with van der Waals surface area (Å²) in [5.74, 6) is 0. The molecule has 470 valence electrons. The van der Waals surface area contributed by atoms with Crippen molar-refractivity contribution in [1.29, 1.82) is 0 Å². The number of nitrogens with one attached hydrogen (secondary N) is 5. The second-order valence-corrected chi connectivity index (χ2v) is 26.3. The molecule has 0 radical (unpaired) electrons. The number of allylic oxidation sites excluding steroid dienone is 1. The largest absolute Gasteiger partial charge is 0.398 e. The number of rotatable bonds is 3. The van der Waals surface area contributed by atoms with Crippen molar-refractivity contribution in [3.05, 3.63) is 153 Å². The van der Waals surface area contributed by atoms with Gasteiger partial charge in [0.15, 0.2) is 0 Å². The van der Waals surface area contributed by atoms with Crippen molar-refractivity contribution in [3.8, 4) is 0 Å². The molecule has 1 aliphatic carbocycles. The van der Waals surface area contributed by atoms with E-state index in [0.29, 0.717) is 0 Å². The van der Waals surface area contributed by atoms with Crippen molar-refractivity contribution >= 4 is 145 Å². The molecule has 7 N–H and O–H groups in total. The minimum absolute atomic E-state index is 0.153. The molecule has 0 bridgehead atoms. The van der Waals surface area contributed by atoms with Crippen molar-refractivity contribution < 1.29 is 4.98 Å². The quantitative estimate of drug-likeness (QED) is 0.0822. The molecular weight excluding hydrogens is 1150 g/mol. The van der Waals surface area contributed by atoms with Crippen LogP contribution in [0.4, 0.5) is 34.1 Å². The Morgan fingerprint density at radius 2 is 0.785 bits per heavy atom. The fourth-order valence-electron chi connectivity index (χ4n) is 14.2. The monoisotopic (exact) mass is 1230 g/mol. The molecule has 1 unspecified atom stereocenters. The molecule has 15 rings (SSSR count). The normalized spacial score (nSPS) is 13.5. The molecule has 16 heteroatoms. The van der Waals surface area contributed by atoms with Crippen molar-refractivity contribution in [1.82, 2.24) is 50.2 Å². The highest BCUT2D eigenvalue weighted by Gasteiger charge is 2.28. The predicted molar refractivity (Wildman–Crippen MR) is 388 cm³/mol. The number of aromatic nitrogens is 10. The Morgan fingerprint density at radius 3 is 1.31 bits per heavy atom. The van der Waals surface area contributed by atoms with E-state index >= 15 is 0 Å². The smallest absolute Gasteiger partial charge is 0.235 e. The van der Waals surface area contributed by atoms with Gasteiger partial charge in [0.25, 0.3) is 0 Å². The van der Waals surface area contributed by atoms with Gasteiger partial charge in [0.05, 0.1) is 116 Å². The molecular formula is C77H83N16+. The number of likely N-dealkylation sites (N-methyl/N-ethyl adjacent to an activating group) is 1. The molecule has 0 spiro atoms. The summed E-state index contributed by atoms with van der Waals surface area (Å²) >= 11 is 0. The topological polar surface area (TPSA) is 217 Å². The number of anilines is 5. The highest BCUT2D eigenvalue weighted by Crippen LogP contribution is 2.44. The summed E-state index contributed by atoms with van der Waals surface area (Å²) in [5.41, 5.74) is 52.6. The number of nitrogen functional groups attached to an aromatic ring is 1. The van der Waals surface area contributed by atoms with Crippen molar-refractivity contribution in [3.63, 3.8) is 0 Å². The molecule has 0 amide bonds. The zero-order chi connectivity index (χ0) is 66.6. The Kier molecular flexibility index (Phi) is 14.9. The average molecular weight is 1230 g/mol. The zero-order valence-electron chi connectivity index (χ0n) is 58.1. The molecule has 2 aliphatic rings. The Balaban J connectivity index is 0.000000134. The van der Waals surface area contributed by atoms with Crippen LogP contribution in [0, 0.1) is 125 Å². The Labute approximate surface area is 542 Å². The first-order chi connectivity index (χ1) is 44.2. The van der Waals surface area contributed by atoms with Gasteiger partial charge in [0.1, 0.15) is 11.0 Å². The van der Waals surface area contributed by atoms with E-state index in [1.54, 1.807) is 0 Å². The third-order valence-corrected chi connectivity index (χ3v) is 20.3. The highest BCUT2D eigenvalue weighted by molar-refractivity contribution is 6.05. The number of benzene rings is 8. The van der Waals surface area contributed by atoms with Gasteiger partial charge in [-0.25, -0.2) is 54.8 Å². The molecule has 5 aromatic heterocycles. The lowest BCUT2D eigenvalue weighted by atomic mass is 9.95. The SMILES string of the molecule is CNC1C=C(C)c2nc3c(C)c4c(c(C)c3nc2=C1C)Nc1c(c(C)c2nc3c(C)c(C)cc(C)c3nc2c1C)N=4.CNc1cc(C)c2nc3c(C)c(C)cc(C)c3nc2c1C.CNc1cc(C)c2nc3c(C)c4[nH+]c5c(C)cc(N)c(C)c5nc4c(C)c3nc2c1C. The lowest BCUT2D eigenvalue weighted by Gasteiger charge is -2.25. The van der Waals surface area contributed by atoms with Gasteiger partial charge >= 0.3 is 0 Å². The van der Waals surface area contributed by atoms with Crippen molar-refractivity contribution in [2.75, 3.05) is 42.8 Å². The number of H-pyrrole nitrogens is 1. The average Bonchev–Trinajstić information content (AvgIpc) is 0.730. The lowest BCUT2D eigenvalue weighted by Crippen LogP contribution is -2.34. The van der Waals surface area contributed by atoms with E-state index in [9.17, 15) is 0 Å². The van der Waals surface area contributed by atoms with Crippen LogP contribution in [0.5, 0.6) is 0 Å².